The second kappa shape index (κ2) is 9.50. The third kappa shape index (κ3) is 5.27. The largest absolute Gasteiger partial charge is 0.483 e. The van der Waals surface area contributed by atoms with Crippen molar-refractivity contribution in [2.75, 3.05) is 6.61 Å². The number of carbonyl (C=O) groups excluding carboxylic acids is 2. The van der Waals surface area contributed by atoms with Gasteiger partial charge in [-0.2, -0.15) is 8.78 Å². The van der Waals surface area contributed by atoms with Gasteiger partial charge in [-0.3, -0.25) is 9.59 Å². The zero-order chi connectivity index (χ0) is 18.9. The van der Waals surface area contributed by atoms with Gasteiger partial charge < -0.3 is 14.8 Å². The molecular weight excluding hydrogens is 344 g/mol. The average Bonchev–Trinajstić information content (AvgIpc) is 2.65. The van der Waals surface area contributed by atoms with Crippen molar-refractivity contribution in [3.63, 3.8) is 0 Å². The van der Waals surface area contributed by atoms with Crippen molar-refractivity contribution in [3.05, 3.63) is 59.7 Å². The molecule has 26 heavy (non-hydrogen) atoms. The zero-order valence-corrected chi connectivity index (χ0v) is 14.2. The van der Waals surface area contributed by atoms with Gasteiger partial charge in [0.2, 0.25) is 0 Å². The maximum Gasteiger partial charge on any atom is 0.387 e. The number of alkyl halides is 2. The fourth-order valence-corrected chi connectivity index (χ4v) is 2.46. The minimum Gasteiger partial charge on any atom is -0.483 e. The van der Waals surface area contributed by atoms with E-state index in [-0.39, 0.29) is 12.4 Å². The van der Waals surface area contributed by atoms with Gasteiger partial charge in [-0.05, 0) is 24.6 Å². The summed E-state index contributed by atoms with van der Waals surface area (Å²) in [6, 6.07) is 12.3. The molecule has 2 rings (SSSR count). The van der Waals surface area contributed by atoms with E-state index in [4.69, 9.17) is 4.74 Å². The molecule has 1 atom stereocenters. The molecule has 0 saturated carbocycles. The third-order valence-corrected chi connectivity index (χ3v) is 3.66. The molecule has 5 nitrogen and oxygen atoms in total. The molecule has 0 saturated heterocycles. The van der Waals surface area contributed by atoms with E-state index in [1.807, 2.05) is 6.92 Å². The minimum atomic E-state index is -2.95. The van der Waals surface area contributed by atoms with Crippen LogP contribution >= 0.6 is 0 Å². The molecule has 1 amide bonds. The number of carbonyl (C=O) groups is 2. The van der Waals surface area contributed by atoms with Crippen LogP contribution in [0, 0.1) is 0 Å². The Balaban J connectivity index is 2.03. The summed E-state index contributed by atoms with van der Waals surface area (Å²) in [5.41, 5.74) is 0.792. The molecule has 0 aliphatic carbocycles. The summed E-state index contributed by atoms with van der Waals surface area (Å²) in [5, 5.41) is 2.73. The van der Waals surface area contributed by atoms with E-state index in [9.17, 15) is 18.4 Å². The summed E-state index contributed by atoms with van der Waals surface area (Å²) in [5.74, 6) is -0.126. The van der Waals surface area contributed by atoms with Gasteiger partial charge in [-0.15, -0.1) is 0 Å². The first-order valence-electron chi connectivity index (χ1n) is 8.05. The molecule has 7 heteroatoms. The molecule has 0 radical (unpaired) electrons. The number of benzene rings is 2. The number of hydrogen-bond donors (Lipinski definition) is 1. The average molecular weight is 363 g/mol. The summed E-state index contributed by atoms with van der Waals surface area (Å²) in [6.07, 6.45) is 1.11. The Morgan fingerprint density at radius 3 is 2.42 bits per heavy atom. The van der Waals surface area contributed by atoms with E-state index >= 15 is 0 Å². The van der Waals surface area contributed by atoms with Gasteiger partial charge in [0.15, 0.2) is 12.9 Å². The smallest absolute Gasteiger partial charge is 0.387 e. The van der Waals surface area contributed by atoms with Crippen LogP contribution in [0.4, 0.5) is 8.78 Å². The Morgan fingerprint density at radius 1 is 1.12 bits per heavy atom. The van der Waals surface area contributed by atoms with Gasteiger partial charge in [-0.25, -0.2) is 0 Å². The Bertz CT molecular complexity index is 752. The van der Waals surface area contributed by atoms with Gasteiger partial charge in [0.1, 0.15) is 11.5 Å². The van der Waals surface area contributed by atoms with Crippen molar-refractivity contribution in [1.82, 2.24) is 5.32 Å². The molecule has 138 valence electrons. The fraction of sp³-hybridized carbons (Fsp3) is 0.263. The SMILES string of the molecule is CCC(NC(=O)COc1ccccc1C=O)c1ccccc1OC(F)F. The van der Waals surface area contributed by atoms with Crippen molar-refractivity contribution >= 4 is 12.2 Å². The summed E-state index contributed by atoms with van der Waals surface area (Å²) in [6.45, 7) is -1.45. The lowest BCUT2D eigenvalue weighted by Gasteiger charge is -2.20. The van der Waals surface area contributed by atoms with E-state index in [2.05, 4.69) is 10.1 Å². The normalized spacial score (nSPS) is 11.7. The maximum atomic E-state index is 12.6. The van der Waals surface area contributed by atoms with Gasteiger partial charge in [0, 0.05) is 5.56 Å². The van der Waals surface area contributed by atoms with Crippen molar-refractivity contribution in [2.24, 2.45) is 0 Å². The first kappa shape index (κ1) is 19.4. The molecule has 2 aromatic rings. The predicted molar refractivity (Wildman–Crippen MR) is 91.6 cm³/mol. The van der Waals surface area contributed by atoms with Crippen LogP contribution in [0.25, 0.3) is 0 Å². The number of ether oxygens (including phenoxy) is 2. The summed E-state index contributed by atoms with van der Waals surface area (Å²) >= 11 is 0. The topological polar surface area (TPSA) is 64.6 Å². The van der Waals surface area contributed by atoms with E-state index < -0.39 is 18.6 Å². The fourth-order valence-electron chi connectivity index (χ4n) is 2.46. The number of para-hydroxylation sites is 2. The van der Waals surface area contributed by atoms with Gasteiger partial charge >= 0.3 is 6.61 Å². The summed E-state index contributed by atoms with van der Waals surface area (Å²) < 4.78 is 35.0. The van der Waals surface area contributed by atoms with Crippen LogP contribution in [0.15, 0.2) is 48.5 Å². The standard InChI is InChI=1S/C19H19F2NO4/c1-2-15(14-8-4-6-10-17(14)26-19(20)21)22-18(24)12-25-16-9-5-3-7-13(16)11-23/h3-11,15,19H,2,12H2,1H3,(H,22,24). The number of aldehydes is 1. The van der Waals surface area contributed by atoms with Gasteiger partial charge in [0.25, 0.3) is 5.91 Å². The van der Waals surface area contributed by atoms with Crippen molar-refractivity contribution in [2.45, 2.75) is 26.0 Å². The van der Waals surface area contributed by atoms with E-state index in [0.717, 1.165) is 0 Å². The highest BCUT2D eigenvalue weighted by atomic mass is 19.3. The molecule has 1 unspecified atom stereocenters. The minimum absolute atomic E-state index is 0.0156. The molecule has 0 aliphatic rings. The number of halogens is 2. The second-order valence-corrected chi connectivity index (χ2v) is 5.39. The maximum absolute atomic E-state index is 12.6. The first-order chi connectivity index (χ1) is 12.5. The lowest BCUT2D eigenvalue weighted by atomic mass is 10.0. The number of nitrogens with one attached hydrogen (secondary N) is 1. The van der Waals surface area contributed by atoms with E-state index in [0.29, 0.717) is 29.6 Å². The van der Waals surface area contributed by atoms with E-state index in [1.165, 1.54) is 6.07 Å². The van der Waals surface area contributed by atoms with Crippen LogP contribution in [-0.2, 0) is 4.79 Å². The molecule has 0 bridgehead atoms. The highest BCUT2D eigenvalue weighted by Gasteiger charge is 2.19. The first-order valence-corrected chi connectivity index (χ1v) is 8.05. The Hall–Kier alpha value is -2.96. The second-order valence-electron chi connectivity index (χ2n) is 5.39. The zero-order valence-electron chi connectivity index (χ0n) is 14.2. The Labute approximate surface area is 149 Å². The molecule has 0 spiro atoms. The van der Waals surface area contributed by atoms with Crippen molar-refractivity contribution in [3.8, 4) is 11.5 Å². The number of hydrogen-bond acceptors (Lipinski definition) is 4. The monoisotopic (exact) mass is 363 g/mol. The summed E-state index contributed by atoms with van der Waals surface area (Å²) in [7, 11) is 0. The molecule has 0 aliphatic heterocycles. The van der Waals surface area contributed by atoms with Crippen LogP contribution in [0.5, 0.6) is 11.5 Å². The molecule has 0 fully saturated rings. The lowest BCUT2D eigenvalue weighted by molar-refractivity contribution is -0.123. The highest BCUT2D eigenvalue weighted by molar-refractivity contribution is 5.81. The molecule has 1 N–H and O–H groups in total. The lowest BCUT2D eigenvalue weighted by Crippen LogP contribution is -2.32. The van der Waals surface area contributed by atoms with Crippen LogP contribution < -0.4 is 14.8 Å². The Kier molecular flexibility index (Phi) is 7.08. The Morgan fingerprint density at radius 2 is 1.77 bits per heavy atom. The molecular formula is C19H19F2NO4. The van der Waals surface area contributed by atoms with Crippen LogP contribution in [-0.4, -0.2) is 25.4 Å². The molecule has 0 heterocycles. The number of rotatable bonds is 9. The predicted octanol–water partition coefficient (Wildman–Crippen LogP) is 3.75. The quantitative estimate of drug-likeness (QED) is 0.689. The van der Waals surface area contributed by atoms with Gasteiger partial charge in [-0.1, -0.05) is 37.3 Å². The van der Waals surface area contributed by atoms with Crippen LogP contribution in [0.2, 0.25) is 0 Å². The van der Waals surface area contributed by atoms with Crippen molar-refractivity contribution in [1.29, 1.82) is 0 Å². The van der Waals surface area contributed by atoms with Gasteiger partial charge in [0.05, 0.1) is 11.6 Å². The van der Waals surface area contributed by atoms with E-state index in [1.54, 1.807) is 42.5 Å². The van der Waals surface area contributed by atoms with Crippen molar-refractivity contribution < 1.29 is 27.8 Å². The third-order valence-electron chi connectivity index (χ3n) is 3.66. The van der Waals surface area contributed by atoms with Crippen LogP contribution in [0.3, 0.4) is 0 Å². The summed E-state index contributed by atoms with van der Waals surface area (Å²) in [4.78, 5) is 23.1. The molecule has 0 aromatic heterocycles. The number of amides is 1. The molecule has 2 aromatic carbocycles. The van der Waals surface area contributed by atoms with Crippen LogP contribution in [0.1, 0.15) is 35.3 Å². The highest BCUT2D eigenvalue weighted by Crippen LogP contribution is 2.28.